The summed E-state index contributed by atoms with van der Waals surface area (Å²) in [4.78, 5) is 6.49. The van der Waals surface area contributed by atoms with Crippen molar-refractivity contribution in [2.75, 3.05) is 0 Å². The second-order valence-corrected chi connectivity index (χ2v) is 7.86. The minimum absolute atomic E-state index is 0.0368. The van der Waals surface area contributed by atoms with E-state index in [9.17, 15) is 0 Å². The van der Waals surface area contributed by atoms with Crippen LogP contribution in [0.4, 0.5) is 0 Å². The van der Waals surface area contributed by atoms with Crippen molar-refractivity contribution in [2.24, 2.45) is 10.2 Å². The molecule has 0 unspecified atom stereocenters. The van der Waals surface area contributed by atoms with Gasteiger partial charge in [-0.05, 0) is 36.4 Å². The molecule has 0 aliphatic heterocycles. The zero-order chi connectivity index (χ0) is 19.5. The molecule has 0 saturated carbocycles. The summed E-state index contributed by atoms with van der Waals surface area (Å²) in [6.45, 7) is 0. The van der Waals surface area contributed by atoms with Crippen LogP contribution in [-0.4, -0.2) is 28.4 Å². The topological polar surface area (TPSA) is 104 Å². The van der Waals surface area contributed by atoms with Crippen LogP contribution in [0.3, 0.4) is 0 Å². The molecule has 0 spiro atoms. The zero-order valence-electron chi connectivity index (χ0n) is 14.4. The Morgan fingerprint density at radius 2 is 1.25 bits per heavy atom. The predicted molar refractivity (Wildman–Crippen MR) is 121 cm³/mol. The predicted octanol–water partition coefficient (Wildman–Crippen LogP) is 4.66. The SMILES string of the molecule is N=C(N/N=C/c1cc2ccc(Br)cc2[nH]1)N/N=C/c1cc2ccc(Br)cc2[nH]1. The van der Waals surface area contributed by atoms with Gasteiger partial charge in [-0.1, -0.05) is 44.0 Å². The first-order valence-corrected chi connectivity index (χ1v) is 9.89. The molecule has 2 heterocycles. The third-order valence-corrected chi connectivity index (χ3v) is 4.96. The molecule has 5 N–H and O–H groups in total. The van der Waals surface area contributed by atoms with Gasteiger partial charge in [0.1, 0.15) is 0 Å². The highest BCUT2D eigenvalue weighted by Gasteiger charge is 2.00. The van der Waals surface area contributed by atoms with Crippen LogP contribution >= 0.6 is 31.9 Å². The fourth-order valence-electron chi connectivity index (χ4n) is 2.74. The zero-order valence-corrected chi connectivity index (χ0v) is 17.6. The van der Waals surface area contributed by atoms with Gasteiger partial charge in [-0.15, -0.1) is 0 Å². The molecule has 0 aliphatic rings. The normalized spacial score (nSPS) is 11.8. The number of guanidine groups is 1. The van der Waals surface area contributed by atoms with Crippen molar-refractivity contribution in [1.29, 1.82) is 5.41 Å². The van der Waals surface area contributed by atoms with Crippen molar-refractivity contribution < 1.29 is 0 Å². The summed E-state index contributed by atoms with van der Waals surface area (Å²) in [7, 11) is 0. The molecule has 4 aromatic rings. The first kappa shape index (κ1) is 18.5. The lowest BCUT2D eigenvalue weighted by atomic mass is 10.2. The third kappa shape index (κ3) is 4.32. The summed E-state index contributed by atoms with van der Waals surface area (Å²) in [6.07, 6.45) is 3.23. The number of halogens is 2. The summed E-state index contributed by atoms with van der Waals surface area (Å²) in [5, 5.41) is 18.1. The Hall–Kier alpha value is -2.91. The number of hydrogen-bond donors (Lipinski definition) is 5. The Kier molecular flexibility index (Phi) is 5.27. The van der Waals surface area contributed by atoms with E-state index in [0.717, 1.165) is 42.1 Å². The molecule has 2 aromatic carbocycles. The van der Waals surface area contributed by atoms with Gasteiger partial charge in [0.2, 0.25) is 5.96 Å². The van der Waals surface area contributed by atoms with Crippen LogP contribution in [-0.2, 0) is 0 Å². The van der Waals surface area contributed by atoms with Crippen molar-refractivity contribution in [3.8, 4) is 0 Å². The van der Waals surface area contributed by atoms with Gasteiger partial charge < -0.3 is 9.97 Å². The van der Waals surface area contributed by atoms with E-state index in [1.165, 1.54) is 0 Å². The number of aromatic amines is 2. The molecule has 7 nitrogen and oxygen atoms in total. The van der Waals surface area contributed by atoms with Crippen molar-refractivity contribution in [3.63, 3.8) is 0 Å². The molecule has 2 aromatic heterocycles. The van der Waals surface area contributed by atoms with Crippen LogP contribution < -0.4 is 10.9 Å². The second-order valence-electron chi connectivity index (χ2n) is 6.03. The molecule has 9 heteroatoms. The average Bonchev–Trinajstić information content (AvgIpc) is 3.24. The molecular formula is C19H15Br2N7. The van der Waals surface area contributed by atoms with E-state index in [1.54, 1.807) is 12.4 Å². The molecule has 0 amide bonds. The van der Waals surface area contributed by atoms with Crippen molar-refractivity contribution >= 4 is 72.1 Å². The summed E-state index contributed by atoms with van der Waals surface area (Å²) in [6, 6.07) is 16.0. The molecule has 0 radical (unpaired) electrons. The summed E-state index contributed by atoms with van der Waals surface area (Å²) >= 11 is 6.89. The molecule has 0 atom stereocenters. The quantitative estimate of drug-likeness (QED) is 0.160. The van der Waals surface area contributed by atoms with Gasteiger partial charge >= 0.3 is 0 Å². The molecule has 0 aliphatic carbocycles. The number of benzene rings is 2. The maximum Gasteiger partial charge on any atom is 0.230 e. The van der Waals surface area contributed by atoms with E-state index in [0.29, 0.717) is 0 Å². The van der Waals surface area contributed by atoms with E-state index < -0.39 is 0 Å². The minimum atomic E-state index is -0.0368. The molecular weight excluding hydrogens is 486 g/mol. The first-order valence-electron chi connectivity index (χ1n) is 8.30. The van der Waals surface area contributed by atoms with Crippen LogP contribution in [0.25, 0.3) is 21.8 Å². The Balaban J connectivity index is 1.33. The van der Waals surface area contributed by atoms with E-state index >= 15 is 0 Å². The molecule has 0 saturated heterocycles. The number of H-pyrrole nitrogens is 2. The lowest BCUT2D eigenvalue weighted by molar-refractivity contribution is 0.892. The number of aromatic nitrogens is 2. The highest BCUT2D eigenvalue weighted by atomic mass is 79.9. The molecule has 140 valence electrons. The second kappa shape index (κ2) is 7.99. The average molecular weight is 501 g/mol. The number of rotatable bonds is 4. The van der Waals surface area contributed by atoms with Gasteiger partial charge in [0, 0.05) is 30.8 Å². The van der Waals surface area contributed by atoms with E-state index in [1.807, 2.05) is 48.5 Å². The monoisotopic (exact) mass is 499 g/mol. The molecule has 28 heavy (non-hydrogen) atoms. The van der Waals surface area contributed by atoms with Crippen LogP contribution in [0.1, 0.15) is 11.4 Å². The maximum absolute atomic E-state index is 7.81. The molecule has 0 fully saturated rings. The molecule has 4 rings (SSSR count). The van der Waals surface area contributed by atoms with Gasteiger partial charge in [0.25, 0.3) is 0 Å². The van der Waals surface area contributed by atoms with Crippen LogP contribution in [0, 0.1) is 5.41 Å². The van der Waals surface area contributed by atoms with Crippen LogP contribution in [0.5, 0.6) is 0 Å². The fourth-order valence-corrected chi connectivity index (χ4v) is 3.46. The Bertz CT molecular complexity index is 1130. The lowest BCUT2D eigenvalue weighted by Crippen LogP contribution is -2.29. The highest BCUT2D eigenvalue weighted by molar-refractivity contribution is 9.10. The fraction of sp³-hybridized carbons (Fsp3) is 0. The van der Waals surface area contributed by atoms with Gasteiger partial charge in [0.05, 0.1) is 23.8 Å². The highest BCUT2D eigenvalue weighted by Crippen LogP contribution is 2.20. The van der Waals surface area contributed by atoms with Gasteiger partial charge in [-0.3, -0.25) is 5.41 Å². The number of fused-ring (bicyclic) bond motifs is 2. The van der Waals surface area contributed by atoms with Crippen molar-refractivity contribution in [2.45, 2.75) is 0 Å². The number of hydrazone groups is 2. The summed E-state index contributed by atoms with van der Waals surface area (Å²) in [5.74, 6) is -0.0368. The van der Waals surface area contributed by atoms with Gasteiger partial charge in [0.15, 0.2) is 0 Å². The standard InChI is InChI=1S/C19H15Br2N7/c20-13-3-1-11-5-15(25-17(11)7-13)9-23-27-19(22)28-24-10-16-6-12-2-4-14(21)8-18(12)26-16/h1-10,25-26H,(H3,22,27,28)/b23-9+,24-10+. The van der Waals surface area contributed by atoms with Crippen molar-refractivity contribution in [3.05, 3.63) is 68.9 Å². The Labute approximate surface area is 177 Å². The largest absolute Gasteiger partial charge is 0.354 e. The van der Waals surface area contributed by atoms with Gasteiger partial charge in [-0.25, -0.2) is 10.9 Å². The minimum Gasteiger partial charge on any atom is -0.354 e. The third-order valence-electron chi connectivity index (χ3n) is 3.97. The van der Waals surface area contributed by atoms with Crippen LogP contribution in [0.15, 0.2) is 67.7 Å². The number of hydrogen-bond acceptors (Lipinski definition) is 3. The van der Waals surface area contributed by atoms with E-state index in [-0.39, 0.29) is 5.96 Å². The summed E-state index contributed by atoms with van der Waals surface area (Å²) < 4.78 is 2.02. The number of nitrogens with zero attached hydrogens (tertiary/aromatic N) is 2. The summed E-state index contributed by atoms with van der Waals surface area (Å²) in [5.41, 5.74) is 8.87. The maximum atomic E-state index is 7.81. The van der Waals surface area contributed by atoms with E-state index in [2.05, 4.69) is 62.9 Å². The van der Waals surface area contributed by atoms with Gasteiger partial charge in [-0.2, -0.15) is 10.2 Å². The van der Waals surface area contributed by atoms with Crippen molar-refractivity contribution in [1.82, 2.24) is 20.8 Å². The Morgan fingerprint density at radius 3 is 1.71 bits per heavy atom. The van der Waals surface area contributed by atoms with Crippen LogP contribution in [0.2, 0.25) is 0 Å². The smallest absolute Gasteiger partial charge is 0.230 e. The number of nitrogens with one attached hydrogen (secondary N) is 5. The lowest BCUT2D eigenvalue weighted by Gasteiger charge is -1.99. The van der Waals surface area contributed by atoms with E-state index in [4.69, 9.17) is 5.41 Å². The first-order chi connectivity index (χ1) is 13.6. The molecule has 0 bridgehead atoms. The Morgan fingerprint density at radius 1 is 0.786 bits per heavy atom.